The fourth-order valence-electron chi connectivity index (χ4n) is 5.85. The molecule has 2 fully saturated rings. The molecular weight excluding hydrogens is 585 g/mol. The minimum Gasteiger partial charge on any atom is -0.481 e. The quantitative estimate of drug-likeness (QED) is 0.304. The number of aliphatic carboxylic acids is 1. The molecule has 2 aliphatic rings. The Hall–Kier alpha value is -2.27. The Morgan fingerprint density at radius 2 is 1.77 bits per heavy atom. The zero-order chi connectivity index (χ0) is 29.4. The van der Waals surface area contributed by atoms with Crippen LogP contribution >= 0.6 is 23.2 Å². The maximum Gasteiger partial charge on any atom is 0.307 e. The van der Waals surface area contributed by atoms with E-state index < -0.39 is 70.6 Å². The zero-order valence-corrected chi connectivity index (χ0v) is 24.5. The first kappa shape index (κ1) is 30.7. The number of hydrogen-bond donors (Lipinski definition) is 1. The molecule has 1 saturated heterocycles. The summed E-state index contributed by atoms with van der Waals surface area (Å²) < 4.78 is 54.0. The SMILES string of the molecule is CCS(=O)(=O)N(C[C@H](C1CC1)N1C(=O)[C@@](C)(CC(=O)O)C[C@H](c2cccc(Cl)c2)[C@H]1c1ccc(Cl)cc1)C(F)F. The molecule has 4 atom stereocenters. The maximum absolute atomic E-state index is 14.4. The van der Waals surface area contributed by atoms with Gasteiger partial charge in [0.1, 0.15) is 0 Å². The molecule has 2 aromatic carbocycles. The van der Waals surface area contributed by atoms with Gasteiger partial charge in [0.25, 0.3) is 0 Å². The van der Waals surface area contributed by atoms with Crippen LogP contribution < -0.4 is 0 Å². The number of piperidine rings is 1. The van der Waals surface area contributed by atoms with Crippen molar-refractivity contribution in [3.63, 3.8) is 0 Å². The van der Waals surface area contributed by atoms with Gasteiger partial charge in [0, 0.05) is 28.5 Å². The molecule has 7 nitrogen and oxygen atoms in total. The van der Waals surface area contributed by atoms with Crippen LogP contribution in [0, 0.1) is 11.3 Å². The number of nitrogens with zero attached hydrogens (tertiary/aromatic N) is 2. The van der Waals surface area contributed by atoms with E-state index in [-0.39, 0.29) is 16.6 Å². The Kier molecular flexibility index (Phi) is 9.14. The van der Waals surface area contributed by atoms with Gasteiger partial charge in [-0.15, -0.1) is 4.31 Å². The molecule has 0 radical (unpaired) electrons. The van der Waals surface area contributed by atoms with Crippen molar-refractivity contribution in [1.82, 2.24) is 9.21 Å². The van der Waals surface area contributed by atoms with Crippen LogP contribution in [0.1, 0.15) is 62.6 Å². The van der Waals surface area contributed by atoms with Crippen LogP contribution in [0.4, 0.5) is 8.78 Å². The number of benzene rings is 2. The first-order chi connectivity index (χ1) is 18.8. The average Bonchev–Trinajstić information content (AvgIpc) is 3.72. The molecule has 0 unspecified atom stereocenters. The van der Waals surface area contributed by atoms with Crippen LogP contribution in [0.2, 0.25) is 10.0 Å². The molecule has 0 spiro atoms. The molecule has 1 heterocycles. The Morgan fingerprint density at radius 3 is 2.30 bits per heavy atom. The molecule has 12 heteroatoms. The number of carboxylic acids is 1. The molecule has 1 aliphatic heterocycles. The van der Waals surface area contributed by atoms with Crippen LogP contribution in [0.15, 0.2) is 48.5 Å². The van der Waals surface area contributed by atoms with E-state index >= 15 is 0 Å². The van der Waals surface area contributed by atoms with Crippen LogP contribution in [-0.2, 0) is 19.6 Å². The first-order valence-corrected chi connectivity index (χ1v) is 15.5. The Labute approximate surface area is 243 Å². The number of alkyl halides is 2. The Bertz CT molecular complexity index is 1360. The van der Waals surface area contributed by atoms with E-state index in [1.165, 1.54) is 11.8 Å². The van der Waals surface area contributed by atoms with Crippen LogP contribution in [0.5, 0.6) is 0 Å². The van der Waals surface area contributed by atoms with Gasteiger partial charge < -0.3 is 10.0 Å². The molecule has 218 valence electrons. The van der Waals surface area contributed by atoms with Gasteiger partial charge in [-0.05, 0) is 67.5 Å². The number of carbonyl (C=O) groups excluding carboxylic acids is 1. The van der Waals surface area contributed by atoms with Crippen molar-refractivity contribution in [2.45, 2.75) is 64.1 Å². The summed E-state index contributed by atoms with van der Waals surface area (Å²) in [4.78, 5) is 27.8. The third-order valence-corrected chi connectivity index (χ3v) is 10.2. The lowest BCUT2D eigenvalue weighted by Crippen LogP contribution is -2.59. The number of sulfonamides is 1. The molecule has 40 heavy (non-hydrogen) atoms. The van der Waals surface area contributed by atoms with Crippen molar-refractivity contribution in [1.29, 1.82) is 0 Å². The molecular formula is C28H32Cl2F2N2O5S. The lowest BCUT2D eigenvalue weighted by Gasteiger charge is -2.52. The van der Waals surface area contributed by atoms with E-state index in [4.69, 9.17) is 23.2 Å². The lowest BCUT2D eigenvalue weighted by atomic mass is 9.67. The Balaban J connectivity index is 1.93. The molecule has 0 aromatic heterocycles. The van der Waals surface area contributed by atoms with Gasteiger partial charge in [-0.2, -0.15) is 8.78 Å². The van der Waals surface area contributed by atoms with Gasteiger partial charge in [0.2, 0.25) is 15.9 Å². The summed E-state index contributed by atoms with van der Waals surface area (Å²) >= 11 is 12.5. The van der Waals surface area contributed by atoms with Crippen molar-refractivity contribution in [2.24, 2.45) is 11.3 Å². The maximum atomic E-state index is 14.4. The van der Waals surface area contributed by atoms with Gasteiger partial charge >= 0.3 is 12.5 Å². The first-order valence-electron chi connectivity index (χ1n) is 13.1. The van der Waals surface area contributed by atoms with Gasteiger partial charge in [-0.3, -0.25) is 9.59 Å². The highest BCUT2D eigenvalue weighted by Gasteiger charge is 2.55. The number of carbonyl (C=O) groups is 2. The fourth-order valence-corrected chi connectivity index (χ4v) is 7.13. The number of carboxylic acid groups (broad SMARTS) is 1. The van der Waals surface area contributed by atoms with Gasteiger partial charge in [-0.1, -0.05) is 54.4 Å². The summed E-state index contributed by atoms with van der Waals surface area (Å²) in [5.41, 5.74) is 0.0458. The van der Waals surface area contributed by atoms with Crippen LogP contribution in [0.3, 0.4) is 0 Å². The van der Waals surface area contributed by atoms with Crippen molar-refractivity contribution in [3.8, 4) is 0 Å². The number of amides is 1. The second-order valence-corrected chi connectivity index (χ2v) is 13.9. The highest BCUT2D eigenvalue weighted by molar-refractivity contribution is 7.89. The number of hydrogen-bond acceptors (Lipinski definition) is 4. The second kappa shape index (κ2) is 11.9. The minimum atomic E-state index is -4.31. The van der Waals surface area contributed by atoms with E-state index in [2.05, 4.69) is 0 Å². The van der Waals surface area contributed by atoms with Gasteiger partial charge in [-0.25, -0.2) is 8.42 Å². The fraction of sp³-hybridized carbons (Fsp3) is 0.500. The summed E-state index contributed by atoms with van der Waals surface area (Å²) in [7, 11) is -4.31. The van der Waals surface area contributed by atoms with E-state index in [0.717, 1.165) is 5.56 Å². The molecule has 2 aromatic rings. The standard InChI is InChI=1S/C28H32Cl2F2N2O5S/c1-3-40(38,39)33(27(31)32)16-23(17-7-8-17)34-25(18-9-11-20(29)12-10-18)22(19-5-4-6-21(30)13-19)14-28(2,26(34)37)15-24(35)36/h4-6,9-13,17,22-23,25,27H,3,7-8,14-16H2,1-2H3,(H,35,36)/t22-,23-,25-,28-/m1/s1. The van der Waals surface area contributed by atoms with E-state index in [0.29, 0.717) is 28.5 Å². The summed E-state index contributed by atoms with van der Waals surface area (Å²) in [5, 5.41) is 10.7. The largest absolute Gasteiger partial charge is 0.481 e. The van der Waals surface area contributed by atoms with E-state index in [1.807, 2.05) is 6.07 Å². The topological polar surface area (TPSA) is 95.0 Å². The molecule has 1 aliphatic carbocycles. The molecule has 1 amide bonds. The second-order valence-electron chi connectivity index (χ2n) is 10.9. The molecule has 1 N–H and O–H groups in total. The molecule has 4 rings (SSSR count). The highest BCUT2D eigenvalue weighted by Crippen LogP contribution is 2.54. The van der Waals surface area contributed by atoms with Crippen molar-refractivity contribution < 1.29 is 31.9 Å². The highest BCUT2D eigenvalue weighted by atomic mass is 35.5. The average molecular weight is 618 g/mol. The predicted octanol–water partition coefficient (Wildman–Crippen LogP) is 6.18. The number of halogens is 4. The monoisotopic (exact) mass is 616 g/mol. The molecule has 1 saturated carbocycles. The summed E-state index contributed by atoms with van der Waals surface area (Å²) in [6.07, 6.45) is 0.937. The Morgan fingerprint density at radius 1 is 1.12 bits per heavy atom. The van der Waals surface area contributed by atoms with Gasteiger partial charge in [0.05, 0.1) is 23.6 Å². The lowest BCUT2D eigenvalue weighted by molar-refractivity contribution is -0.162. The zero-order valence-electron chi connectivity index (χ0n) is 22.1. The minimum absolute atomic E-state index is 0.158. The summed E-state index contributed by atoms with van der Waals surface area (Å²) in [6, 6.07) is 12.3. The van der Waals surface area contributed by atoms with Crippen molar-refractivity contribution in [3.05, 3.63) is 69.7 Å². The molecule has 0 bridgehead atoms. The van der Waals surface area contributed by atoms with Crippen molar-refractivity contribution in [2.75, 3.05) is 12.3 Å². The number of likely N-dealkylation sites (tertiary alicyclic amines) is 1. The predicted molar refractivity (Wildman–Crippen MR) is 149 cm³/mol. The van der Waals surface area contributed by atoms with Crippen molar-refractivity contribution >= 4 is 45.1 Å². The summed E-state index contributed by atoms with van der Waals surface area (Å²) in [5.74, 6) is -2.89. The normalized spacial score (nSPS) is 24.5. The van der Waals surface area contributed by atoms with E-state index in [1.54, 1.807) is 49.4 Å². The van der Waals surface area contributed by atoms with E-state index in [9.17, 15) is 31.9 Å². The smallest absolute Gasteiger partial charge is 0.307 e. The van der Waals surface area contributed by atoms with Crippen LogP contribution in [0.25, 0.3) is 0 Å². The third-order valence-electron chi connectivity index (χ3n) is 7.96. The summed E-state index contributed by atoms with van der Waals surface area (Å²) in [6.45, 7) is -1.03. The number of rotatable bonds is 11. The van der Waals surface area contributed by atoms with Crippen LogP contribution in [-0.4, -0.2) is 59.5 Å². The third kappa shape index (κ3) is 6.45. The van der Waals surface area contributed by atoms with Gasteiger partial charge in [0.15, 0.2) is 0 Å².